The summed E-state index contributed by atoms with van der Waals surface area (Å²) < 4.78 is 16.2. The van der Waals surface area contributed by atoms with Gasteiger partial charge in [0.05, 0.1) is 20.3 Å². The van der Waals surface area contributed by atoms with Crippen molar-refractivity contribution in [1.82, 2.24) is 4.90 Å². The van der Waals surface area contributed by atoms with Crippen LogP contribution in [0.3, 0.4) is 0 Å². The second-order valence-corrected chi connectivity index (χ2v) is 6.23. The monoisotopic (exact) mass is 347 g/mol. The molecule has 1 heterocycles. The first-order valence-electron chi connectivity index (χ1n) is 8.44. The van der Waals surface area contributed by atoms with E-state index in [2.05, 4.69) is 0 Å². The molecule has 25 heavy (non-hydrogen) atoms. The van der Waals surface area contributed by atoms with Crippen molar-refractivity contribution < 1.29 is 23.8 Å². The largest absolute Gasteiger partial charge is 0.490 e. The first-order valence-corrected chi connectivity index (χ1v) is 8.44. The van der Waals surface area contributed by atoms with Gasteiger partial charge in [-0.15, -0.1) is 0 Å². The van der Waals surface area contributed by atoms with Crippen LogP contribution in [-0.2, 0) is 14.3 Å². The molecule has 0 saturated heterocycles. The van der Waals surface area contributed by atoms with Crippen LogP contribution in [-0.4, -0.2) is 43.1 Å². The van der Waals surface area contributed by atoms with E-state index in [4.69, 9.17) is 14.2 Å². The summed E-state index contributed by atoms with van der Waals surface area (Å²) >= 11 is 0. The molecule has 6 nitrogen and oxygen atoms in total. The van der Waals surface area contributed by atoms with Gasteiger partial charge in [0, 0.05) is 6.08 Å². The van der Waals surface area contributed by atoms with Gasteiger partial charge in [0.1, 0.15) is 11.8 Å². The lowest BCUT2D eigenvalue weighted by Gasteiger charge is -2.27. The van der Waals surface area contributed by atoms with Crippen molar-refractivity contribution in [1.29, 1.82) is 0 Å². The van der Waals surface area contributed by atoms with E-state index in [9.17, 15) is 9.59 Å². The van der Waals surface area contributed by atoms with Gasteiger partial charge >= 0.3 is 5.97 Å². The quantitative estimate of drug-likeness (QED) is 0.677. The van der Waals surface area contributed by atoms with E-state index < -0.39 is 12.0 Å². The molecule has 0 radical (unpaired) electrons. The molecular weight excluding hydrogens is 322 g/mol. The number of hydrogen-bond acceptors (Lipinski definition) is 5. The van der Waals surface area contributed by atoms with Gasteiger partial charge in [0.2, 0.25) is 0 Å². The Balaban J connectivity index is 2.13. The average Bonchev–Trinajstić information content (AvgIpc) is 2.94. The number of carbonyl (C=O) groups is 2. The van der Waals surface area contributed by atoms with Crippen LogP contribution in [0.25, 0.3) is 0 Å². The maximum atomic E-state index is 12.4. The van der Waals surface area contributed by atoms with Crippen molar-refractivity contribution in [2.45, 2.75) is 33.2 Å². The van der Waals surface area contributed by atoms with E-state index in [-0.39, 0.29) is 18.4 Å². The number of nitrogens with zero attached hydrogens (tertiary/aromatic N) is 1. The van der Waals surface area contributed by atoms with Crippen molar-refractivity contribution >= 4 is 11.9 Å². The first-order chi connectivity index (χ1) is 12.0. The highest BCUT2D eigenvalue weighted by molar-refractivity contribution is 5.94. The van der Waals surface area contributed by atoms with Crippen LogP contribution in [0.1, 0.15) is 27.2 Å². The zero-order valence-corrected chi connectivity index (χ0v) is 15.2. The Labute approximate surface area is 148 Å². The molecule has 0 fully saturated rings. The Bertz CT molecular complexity index is 653. The number of ether oxygens (including phenoxy) is 3. The molecule has 6 heteroatoms. The normalized spacial score (nSPS) is 15.2. The molecule has 136 valence electrons. The topological polar surface area (TPSA) is 65.1 Å². The van der Waals surface area contributed by atoms with Gasteiger partial charge in [-0.3, -0.25) is 4.79 Å². The van der Waals surface area contributed by atoms with E-state index in [1.807, 2.05) is 39.0 Å². The number of methoxy groups -OCH3 is 1. The molecule has 1 unspecified atom stereocenters. The SMILES string of the molecule is CCOc1ccccc1OC1=CC(=O)N(C(CC(C)C)C(=O)OC)C1. The summed E-state index contributed by atoms with van der Waals surface area (Å²) in [5.74, 6) is 1.23. The lowest BCUT2D eigenvalue weighted by Crippen LogP contribution is -2.44. The molecular formula is C19H25NO5. The average molecular weight is 347 g/mol. The van der Waals surface area contributed by atoms with Crippen LogP contribution < -0.4 is 9.47 Å². The molecule has 1 aromatic rings. The van der Waals surface area contributed by atoms with Crippen LogP contribution in [0.2, 0.25) is 0 Å². The molecule has 1 amide bonds. The Hall–Kier alpha value is -2.50. The van der Waals surface area contributed by atoms with Crippen LogP contribution in [0.5, 0.6) is 11.5 Å². The van der Waals surface area contributed by atoms with E-state index in [1.165, 1.54) is 18.1 Å². The molecule has 0 bridgehead atoms. The third kappa shape index (κ3) is 4.75. The first kappa shape index (κ1) is 18.8. The van der Waals surface area contributed by atoms with Crippen LogP contribution >= 0.6 is 0 Å². The van der Waals surface area contributed by atoms with Crippen molar-refractivity contribution in [3.63, 3.8) is 0 Å². The second kappa shape index (κ2) is 8.55. The highest BCUT2D eigenvalue weighted by Crippen LogP contribution is 2.30. The lowest BCUT2D eigenvalue weighted by atomic mass is 10.0. The predicted molar refractivity (Wildman–Crippen MR) is 93.3 cm³/mol. The third-order valence-corrected chi connectivity index (χ3v) is 3.83. The zero-order chi connectivity index (χ0) is 18.4. The van der Waals surface area contributed by atoms with E-state index in [0.717, 1.165) is 0 Å². The molecule has 1 aliphatic rings. The van der Waals surface area contributed by atoms with Gasteiger partial charge in [-0.1, -0.05) is 26.0 Å². The van der Waals surface area contributed by atoms with Gasteiger partial charge in [-0.25, -0.2) is 4.79 Å². The molecule has 0 aliphatic carbocycles. The van der Waals surface area contributed by atoms with Crippen molar-refractivity contribution in [2.75, 3.05) is 20.3 Å². The maximum absolute atomic E-state index is 12.4. The van der Waals surface area contributed by atoms with Gasteiger partial charge in [0.15, 0.2) is 11.5 Å². The number of benzene rings is 1. The van der Waals surface area contributed by atoms with Gasteiger partial charge in [0.25, 0.3) is 5.91 Å². The molecule has 0 spiro atoms. The maximum Gasteiger partial charge on any atom is 0.328 e. The molecule has 1 aromatic carbocycles. The number of esters is 1. The van der Waals surface area contributed by atoms with Gasteiger partial charge < -0.3 is 19.1 Å². The third-order valence-electron chi connectivity index (χ3n) is 3.83. The number of rotatable bonds is 8. The minimum atomic E-state index is -0.614. The minimum absolute atomic E-state index is 0.228. The summed E-state index contributed by atoms with van der Waals surface area (Å²) in [5, 5.41) is 0. The molecule has 0 N–H and O–H groups in total. The minimum Gasteiger partial charge on any atom is -0.490 e. The summed E-state index contributed by atoms with van der Waals surface area (Å²) in [6.45, 7) is 6.64. The van der Waals surface area contributed by atoms with Gasteiger partial charge in [-0.05, 0) is 31.4 Å². The zero-order valence-electron chi connectivity index (χ0n) is 15.2. The second-order valence-electron chi connectivity index (χ2n) is 6.23. The molecule has 0 aromatic heterocycles. The van der Waals surface area contributed by atoms with Gasteiger partial charge in [-0.2, -0.15) is 0 Å². The lowest BCUT2D eigenvalue weighted by molar-refractivity contribution is -0.151. The summed E-state index contributed by atoms with van der Waals surface area (Å²) in [6.07, 6.45) is 1.95. The Morgan fingerprint density at radius 3 is 2.52 bits per heavy atom. The fourth-order valence-electron chi connectivity index (χ4n) is 2.72. The van der Waals surface area contributed by atoms with Crippen molar-refractivity contribution in [3.05, 3.63) is 36.1 Å². The van der Waals surface area contributed by atoms with Crippen molar-refractivity contribution in [3.8, 4) is 11.5 Å². The number of para-hydroxylation sites is 2. The fraction of sp³-hybridized carbons (Fsp3) is 0.474. The Morgan fingerprint density at radius 2 is 1.92 bits per heavy atom. The summed E-state index contributed by atoms with van der Waals surface area (Å²) in [6, 6.07) is 6.67. The summed E-state index contributed by atoms with van der Waals surface area (Å²) in [7, 11) is 1.33. The number of carbonyl (C=O) groups excluding carboxylic acids is 2. The summed E-state index contributed by atoms with van der Waals surface area (Å²) in [4.78, 5) is 25.9. The highest BCUT2D eigenvalue weighted by atomic mass is 16.5. The highest BCUT2D eigenvalue weighted by Gasteiger charge is 2.35. The van der Waals surface area contributed by atoms with Crippen LogP contribution in [0, 0.1) is 5.92 Å². The van der Waals surface area contributed by atoms with Crippen molar-refractivity contribution in [2.24, 2.45) is 5.92 Å². The van der Waals surface area contributed by atoms with Crippen LogP contribution in [0.15, 0.2) is 36.1 Å². The smallest absolute Gasteiger partial charge is 0.328 e. The number of hydrogen-bond donors (Lipinski definition) is 0. The Kier molecular flexibility index (Phi) is 6.44. The Morgan fingerprint density at radius 1 is 1.24 bits per heavy atom. The predicted octanol–water partition coefficient (Wildman–Crippen LogP) is 2.78. The van der Waals surface area contributed by atoms with E-state index in [0.29, 0.717) is 30.3 Å². The van der Waals surface area contributed by atoms with E-state index in [1.54, 1.807) is 6.07 Å². The number of amides is 1. The molecule has 0 saturated carbocycles. The van der Waals surface area contributed by atoms with E-state index >= 15 is 0 Å². The van der Waals surface area contributed by atoms with Crippen LogP contribution in [0.4, 0.5) is 0 Å². The standard InChI is InChI=1S/C19H25NO5/c1-5-24-16-8-6-7-9-17(16)25-14-11-18(21)20(12-14)15(10-13(2)3)19(22)23-4/h6-9,11,13,15H,5,10,12H2,1-4H3. The molecule has 2 rings (SSSR count). The fourth-order valence-corrected chi connectivity index (χ4v) is 2.72. The molecule has 1 atom stereocenters. The summed E-state index contributed by atoms with van der Waals surface area (Å²) in [5.41, 5.74) is 0. The molecule has 1 aliphatic heterocycles.